The first kappa shape index (κ1) is 27.4. The maximum absolute atomic E-state index is 13.6. The maximum atomic E-state index is 13.6. The van der Waals surface area contributed by atoms with Crippen molar-refractivity contribution in [1.29, 1.82) is 0 Å². The number of rotatable bonds is 9. The van der Waals surface area contributed by atoms with Crippen molar-refractivity contribution in [3.05, 3.63) is 101 Å². The van der Waals surface area contributed by atoms with Crippen LogP contribution in [-0.2, 0) is 21.4 Å². The van der Waals surface area contributed by atoms with Gasteiger partial charge in [-0.1, -0.05) is 77.8 Å². The van der Waals surface area contributed by atoms with E-state index in [9.17, 15) is 13.2 Å². The molecule has 1 N–H and O–H groups in total. The van der Waals surface area contributed by atoms with Crippen molar-refractivity contribution in [1.82, 2.24) is 9.62 Å². The van der Waals surface area contributed by atoms with Gasteiger partial charge in [0.1, 0.15) is 0 Å². The summed E-state index contributed by atoms with van der Waals surface area (Å²) >= 11 is 6.39. The highest BCUT2D eigenvalue weighted by atomic mass is 35.5. The van der Waals surface area contributed by atoms with Crippen LogP contribution in [0, 0.1) is 18.8 Å². The number of sulfonamides is 1. The van der Waals surface area contributed by atoms with Crippen molar-refractivity contribution in [2.45, 2.75) is 57.0 Å². The van der Waals surface area contributed by atoms with Gasteiger partial charge in [-0.15, -0.1) is 0 Å². The number of hydrogen-bond acceptors (Lipinski definition) is 3. The minimum Gasteiger partial charge on any atom is -0.349 e. The molecular formula is C30H35ClN2O3S. The summed E-state index contributed by atoms with van der Waals surface area (Å²) in [5, 5.41) is 3.72. The molecule has 1 atom stereocenters. The normalized spacial score (nSPS) is 18.9. The molecule has 37 heavy (non-hydrogen) atoms. The average Bonchev–Trinajstić information content (AvgIpc) is 2.90. The van der Waals surface area contributed by atoms with E-state index in [0.29, 0.717) is 11.6 Å². The lowest BCUT2D eigenvalue weighted by Gasteiger charge is -2.32. The molecule has 0 spiro atoms. The molecule has 5 nitrogen and oxygen atoms in total. The summed E-state index contributed by atoms with van der Waals surface area (Å²) in [4.78, 5) is 13.2. The summed E-state index contributed by atoms with van der Waals surface area (Å²) in [5.74, 6) is 0.211. The predicted octanol–water partition coefficient (Wildman–Crippen LogP) is 6.52. The molecule has 1 aliphatic rings. The quantitative estimate of drug-likeness (QED) is 0.337. The van der Waals surface area contributed by atoms with Crippen LogP contribution >= 0.6 is 11.6 Å². The maximum Gasteiger partial charge on any atom is 0.243 e. The van der Waals surface area contributed by atoms with E-state index in [0.717, 1.165) is 36.8 Å². The Labute approximate surface area is 225 Å². The Morgan fingerprint density at radius 2 is 1.57 bits per heavy atom. The Bertz CT molecular complexity index is 1290. The van der Waals surface area contributed by atoms with Crippen LogP contribution in [0.2, 0.25) is 5.02 Å². The van der Waals surface area contributed by atoms with Gasteiger partial charge < -0.3 is 5.32 Å². The van der Waals surface area contributed by atoms with Crippen LogP contribution in [0.1, 0.15) is 55.3 Å². The van der Waals surface area contributed by atoms with E-state index in [1.165, 1.54) is 5.56 Å². The minimum atomic E-state index is -3.70. The van der Waals surface area contributed by atoms with Gasteiger partial charge in [-0.2, -0.15) is 4.31 Å². The largest absolute Gasteiger partial charge is 0.349 e. The standard InChI is InChI=1S/C30H35ClN2O3S/c1-22-12-16-25(17-13-22)23(2)32-30(34)26-18-14-24(15-19-26)20-33(21-27-8-6-7-11-29(27)31)37(35,36)28-9-4-3-5-10-28/h3-13,16-17,23-24,26H,14-15,18-21H2,1-2H3,(H,32,34). The lowest BCUT2D eigenvalue weighted by molar-refractivity contribution is -0.126. The number of carbonyl (C=O) groups excluding carboxylic acids is 1. The molecular weight excluding hydrogens is 504 g/mol. The summed E-state index contributed by atoms with van der Waals surface area (Å²) in [6, 6.07) is 24.1. The van der Waals surface area contributed by atoms with Crippen molar-refractivity contribution >= 4 is 27.5 Å². The first-order chi connectivity index (χ1) is 17.7. The van der Waals surface area contributed by atoms with Crippen LogP contribution < -0.4 is 5.32 Å². The molecule has 196 valence electrons. The fourth-order valence-corrected chi connectivity index (χ4v) is 6.68. The number of aryl methyl sites for hydroxylation is 1. The Kier molecular flexibility index (Phi) is 9.06. The van der Waals surface area contributed by atoms with Gasteiger partial charge in [-0.3, -0.25) is 4.79 Å². The zero-order valence-electron chi connectivity index (χ0n) is 21.4. The molecule has 0 aliphatic heterocycles. The van der Waals surface area contributed by atoms with Gasteiger partial charge in [0, 0.05) is 24.0 Å². The third-order valence-electron chi connectivity index (χ3n) is 7.30. The second-order valence-electron chi connectivity index (χ2n) is 10.1. The van der Waals surface area contributed by atoms with E-state index >= 15 is 0 Å². The second-order valence-corrected chi connectivity index (χ2v) is 12.4. The molecule has 1 aliphatic carbocycles. The van der Waals surface area contributed by atoms with E-state index < -0.39 is 10.0 Å². The zero-order chi connectivity index (χ0) is 26.4. The summed E-state index contributed by atoms with van der Waals surface area (Å²) in [5.41, 5.74) is 3.06. The average molecular weight is 539 g/mol. The molecule has 3 aromatic carbocycles. The zero-order valence-corrected chi connectivity index (χ0v) is 23.0. The topological polar surface area (TPSA) is 66.5 Å². The van der Waals surface area contributed by atoms with Crippen LogP contribution in [0.15, 0.2) is 83.8 Å². The van der Waals surface area contributed by atoms with Gasteiger partial charge in [0.05, 0.1) is 10.9 Å². The predicted molar refractivity (Wildman–Crippen MR) is 149 cm³/mol. The van der Waals surface area contributed by atoms with Gasteiger partial charge in [-0.05, 0) is 74.8 Å². The Hall–Kier alpha value is -2.67. The van der Waals surface area contributed by atoms with Crippen LogP contribution in [-0.4, -0.2) is 25.2 Å². The SMILES string of the molecule is Cc1ccc(C(C)NC(=O)C2CCC(CN(Cc3ccccc3Cl)S(=O)(=O)c3ccccc3)CC2)cc1. The molecule has 0 aromatic heterocycles. The van der Waals surface area contributed by atoms with Crippen LogP contribution in [0.5, 0.6) is 0 Å². The van der Waals surface area contributed by atoms with Crippen molar-refractivity contribution in [2.24, 2.45) is 11.8 Å². The van der Waals surface area contributed by atoms with Crippen molar-refractivity contribution in [3.8, 4) is 0 Å². The molecule has 0 bridgehead atoms. The molecule has 1 saturated carbocycles. The molecule has 1 amide bonds. The summed E-state index contributed by atoms with van der Waals surface area (Å²) < 4.78 is 28.7. The third kappa shape index (κ3) is 7.01. The molecule has 1 unspecified atom stereocenters. The van der Waals surface area contributed by atoms with Crippen molar-refractivity contribution in [2.75, 3.05) is 6.54 Å². The number of hydrogen-bond donors (Lipinski definition) is 1. The fourth-order valence-electron chi connectivity index (χ4n) is 4.97. The Balaban J connectivity index is 1.40. The molecule has 1 fully saturated rings. The molecule has 4 rings (SSSR count). The van der Waals surface area contributed by atoms with E-state index in [1.807, 2.05) is 38.1 Å². The summed E-state index contributed by atoms with van der Waals surface area (Å²) in [6.07, 6.45) is 3.12. The number of nitrogens with zero attached hydrogens (tertiary/aromatic N) is 1. The van der Waals surface area contributed by atoms with E-state index in [4.69, 9.17) is 11.6 Å². The minimum absolute atomic E-state index is 0.0482. The molecule has 0 radical (unpaired) electrons. The van der Waals surface area contributed by atoms with Crippen LogP contribution in [0.3, 0.4) is 0 Å². The number of nitrogens with one attached hydrogen (secondary N) is 1. The molecule has 0 saturated heterocycles. The van der Waals surface area contributed by atoms with E-state index in [2.05, 4.69) is 29.6 Å². The lowest BCUT2D eigenvalue weighted by atomic mass is 9.81. The fraction of sp³-hybridized carbons (Fsp3) is 0.367. The van der Waals surface area contributed by atoms with Crippen molar-refractivity contribution in [3.63, 3.8) is 0 Å². The van der Waals surface area contributed by atoms with E-state index in [1.54, 1.807) is 34.6 Å². The van der Waals surface area contributed by atoms with Crippen LogP contribution in [0.25, 0.3) is 0 Å². The highest BCUT2D eigenvalue weighted by Gasteiger charge is 2.32. The third-order valence-corrected chi connectivity index (χ3v) is 9.50. The molecule has 0 heterocycles. The Morgan fingerprint density at radius 1 is 0.946 bits per heavy atom. The highest BCUT2D eigenvalue weighted by Crippen LogP contribution is 2.32. The van der Waals surface area contributed by atoms with Gasteiger partial charge in [0.25, 0.3) is 0 Å². The lowest BCUT2D eigenvalue weighted by Crippen LogP contribution is -2.39. The van der Waals surface area contributed by atoms with Gasteiger partial charge >= 0.3 is 0 Å². The Morgan fingerprint density at radius 3 is 2.22 bits per heavy atom. The first-order valence-electron chi connectivity index (χ1n) is 12.9. The van der Waals surface area contributed by atoms with Gasteiger partial charge in [0.15, 0.2) is 0 Å². The monoisotopic (exact) mass is 538 g/mol. The molecule has 7 heteroatoms. The number of amides is 1. The van der Waals surface area contributed by atoms with Gasteiger partial charge in [0.2, 0.25) is 15.9 Å². The van der Waals surface area contributed by atoms with Crippen molar-refractivity contribution < 1.29 is 13.2 Å². The number of halogens is 1. The first-order valence-corrected chi connectivity index (χ1v) is 14.7. The molecule has 3 aromatic rings. The highest BCUT2D eigenvalue weighted by molar-refractivity contribution is 7.89. The second kappa shape index (κ2) is 12.2. The van der Waals surface area contributed by atoms with E-state index in [-0.39, 0.29) is 35.2 Å². The summed E-state index contributed by atoms with van der Waals surface area (Å²) in [7, 11) is -3.70. The van der Waals surface area contributed by atoms with Crippen LogP contribution in [0.4, 0.5) is 0 Å². The summed E-state index contributed by atoms with van der Waals surface area (Å²) in [6.45, 7) is 4.67. The number of benzene rings is 3. The smallest absolute Gasteiger partial charge is 0.243 e. The number of carbonyl (C=O) groups is 1. The van der Waals surface area contributed by atoms with Gasteiger partial charge in [-0.25, -0.2) is 8.42 Å².